The van der Waals surface area contributed by atoms with Gasteiger partial charge in [0, 0.05) is 19.5 Å². The lowest BCUT2D eigenvalue weighted by Gasteiger charge is -2.04. The first-order valence-corrected chi connectivity index (χ1v) is 5.89. The van der Waals surface area contributed by atoms with Crippen molar-refractivity contribution in [2.24, 2.45) is 0 Å². The molecule has 2 rings (SSSR count). The molecule has 2 aromatic rings. The third kappa shape index (κ3) is 3.73. The minimum atomic E-state index is -0.279. The molecule has 8 heteroatoms. The van der Waals surface area contributed by atoms with Crippen LogP contribution in [0, 0.1) is 0 Å². The normalized spacial score (nSPS) is 10.2. The second kappa shape index (κ2) is 6.43. The first-order valence-electron chi connectivity index (χ1n) is 5.89. The smallest absolute Gasteiger partial charge is 0.271 e. The largest absolute Gasteiger partial charge is 0.369 e. The van der Waals surface area contributed by atoms with E-state index in [1.807, 2.05) is 6.92 Å². The van der Waals surface area contributed by atoms with Crippen molar-refractivity contribution in [1.29, 1.82) is 0 Å². The number of amides is 1. The standard InChI is InChI=1S/C11H14N6O2/c1-2-12-10-6-14-8(5-15-10)11(18)13-4-3-9-16-7-19-17-9/h5-7H,2-4H2,1H3,(H,12,15)(H,13,18). The molecule has 0 aliphatic rings. The van der Waals surface area contributed by atoms with Crippen LogP contribution in [0.2, 0.25) is 0 Å². The van der Waals surface area contributed by atoms with Crippen LogP contribution in [0.4, 0.5) is 5.82 Å². The quantitative estimate of drug-likeness (QED) is 0.769. The number of carbonyl (C=O) groups is 1. The average Bonchev–Trinajstić information content (AvgIpc) is 2.93. The van der Waals surface area contributed by atoms with E-state index >= 15 is 0 Å². The summed E-state index contributed by atoms with van der Waals surface area (Å²) < 4.78 is 4.59. The van der Waals surface area contributed by atoms with Gasteiger partial charge in [-0.15, -0.1) is 0 Å². The summed E-state index contributed by atoms with van der Waals surface area (Å²) in [4.78, 5) is 23.7. The van der Waals surface area contributed by atoms with E-state index in [-0.39, 0.29) is 11.6 Å². The summed E-state index contributed by atoms with van der Waals surface area (Å²) in [7, 11) is 0. The average molecular weight is 262 g/mol. The monoisotopic (exact) mass is 262 g/mol. The Labute approximate surface area is 109 Å². The van der Waals surface area contributed by atoms with Gasteiger partial charge in [-0.05, 0) is 6.92 Å². The molecule has 0 saturated carbocycles. The van der Waals surface area contributed by atoms with Gasteiger partial charge >= 0.3 is 0 Å². The van der Waals surface area contributed by atoms with Gasteiger partial charge in [0.05, 0.1) is 12.4 Å². The van der Waals surface area contributed by atoms with Crippen molar-refractivity contribution in [2.45, 2.75) is 13.3 Å². The van der Waals surface area contributed by atoms with E-state index in [0.29, 0.717) is 24.6 Å². The third-order valence-electron chi connectivity index (χ3n) is 2.28. The number of nitrogens with zero attached hydrogens (tertiary/aromatic N) is 4. The van der Waals surface area contributed by atoms with Crippen LogP contribution in [0.3, 0.4) is 0 Å². The number of nitrogens with one attached hydrogen (secondary N) is 2. The predicted octanol–water partition coefficient (Wildman–Crippen LogP) is 0.264. The Kier molecular flexibility index (Phi) is 4.38. The molecule has 2 aromatic heterocycles. The zero-order valence-corrected chi connectivity index (χ0v) is 10.5. The van der Waals surface area contributed by atoms with Gasteiger partial charge in [-0.25, -0.2) is 9.97 Å². The highest BCUT2D eigenvalue weighted by atomic mass is 16.5. The van der Waals surface area contributed by atoms with Crippen LogP contribution in [0.5, 0.6) is 0 Å². The van der Waals surface area contributed by atoms with E-state index in [9.17, 15) is 4.79 Å². The van der Waals surface area contributed by atoms with Gasteiger partial charge in [0.15, 0.2) is 5.82 Å². The maximum atomic E-state index is 11.7. The summed E-state index contributed by atoms with van der Waals surface area (Å²) in [6, 6.07) is 0. The van der Waals surface area contributed by atoms with E-state index in [1.165, 1.54) is 18.8 Å². The van der Waals surface area contributed by atoms with Crippen LogP contribution >= 0.6 is 0 Å². The number of rotatable bonds is 6. The zero-order valence-electron chi connectivity index (χ0n) is 10.5. The number of hydrogen-bond acceptors (Lipinski definition) is 7. The molecule has 0 radical (unpaired) electrons. The van der Waals surface area contributed by atoms with Gasteiger partial charge in [-0.2, -0.15) is 4.98 Å². The topological polar surface area (TPSA) is 106 Å². The van der Waals surface area contributed by atoms with Crippen molar-refractivity contribution in [3.05, 3.63) is 30.3 Å². The molecule has 0 aliphatic heterocycles. The molecule has 0 saturated heterocycles. The maximum Gasteiger partial charge on any atom is 0.271 e. The van der Waals surface area contributed by atoms with Gasteiger partial charge < -0.3 is 15.2 Å². The van der Waals surface area contributed by atoms with E-state index in [0.717, 1.165) is 6.54 Å². The van der Waals surface area contributed by atoms with Crippen LogP contribution in [0.15, 0.2) is 23.3 Å². The second-order valence-electron chi connectivity index (χ2n) is 3.67. The molecular formula is C11H14N6O2. The molecule has 2 N–H and O–H groups in total. The van der Waals surface area contributed by atoms with Gasteiger partial charge in [0.25, 0.3) is 5.91 Å². The highest BCUT2D eigenvalue weighted by molar-refractivity contribution is 5.91. The second-order valence-corrected chi connectivity index (χ2v) is 3.67. The number of anilines is 1. The molecule has 19 heavy (non-hydrogen) atoms. The van der Waals surface area contributed by atoms with Crippen molar-refractivity contribution in [3.8, 4) is 0 Å². The lowest BCUT2D eigenvalue weighted by atomic mass is 10.3. The number of carbonyl (C=O) groups excluding carboxylic acids is 1. The highest BCUT2D eigenvalue weighted by Gasteiger charge is 2.08. The molecule has 1 amide bonds. The van der Waals surface area contributed by atoms with Crippen molar-refractivity contribution in [3.63, 3.8) is 0 Å². The molecule has 0 bridgehead atoms. The summed E-state index contributed by atoms with van der Waals surface area (Å²) in [5.41, 5.74) is 0.273. The molecule has 2 heterocycles. The minimum absolute atomic E-state index is 0.273. The van der Waals surface area contributed by atoms with Gasteiger partial charge in [-0.3, -0.25) is 4.79 Å². The van der Waals surface area contributed by atoms with E-state index in [4.69, 9.17) is 0 Å². The summed E-state index contributed by atoms with van der Waals surface area (Å²) in [5, 5.41) is 9.35. The summed E-state index contributed by atoms with van der Waals surface area (Å²) in [6.45, 7) is 3.13. The number of aromatic nitrogens is 4. The first-order chi connectivity index (χ1) is 9.29. The lowest BCUT2D eigenvalue weighted by Crippen LogP contribution is -2.27. The van der Waals surface area contributed by atoms with Crippen LogP contribution < -0.4 is 10.6 Å². The third-order valence-corrected chi connectivity index (χ3v) is 2.28. The first kappa shape index (κ1) is 12.9. The Hall–Kier alpha value is -2.51. The van der Waals surface area contributed by atoms with E-state index < -0.39 is 0 Å². The fourth-order valence-electron chi connectivity index (χ4n) is 1.40. The minimum Gasteiger partial charge on any atom is -0.369 e. The summed E-state index contributed by atoms with van der Waals surface area (Å²) in [6.07, 6.45) is 4.71. The van der Waals surface area contributed by atoms with Crippen LogP contribution in [-0.2, 0) is 6.42 Å². The van der Waals surface area contributed by atoms with Crippen molar-refractivity contribution >= 4 is 11.7 Å². The fraction of sp³-hybridized carbons (Fsp3) is 0.364. The SMILES string of the molecule is CCNc1cnc(C(=O)NCCc2ncon2)cn1. The Morgan fingerprint density at radius 2 is 2.21 bits per heavy atom. The Balaban J connectivity index is 1.82. The van der Waals surface area contributed by atoms with Gasteiger partial charge in [-0.1, -0.05) is 5.16 Å². The Morgan fingerprint density at radius 1 is 1.32 bits per heavy atom. The molecule has 0 aromatic carbocycles. The van der Waals surface area contributed by atoms with Gasteiger partial charge in [0.2, 0.25) is 6.39 Å². The maximum absolute atomic E-state index is 11.7. The summed E-state index contributed by atoms with van der Waals surface area (Å²) in [5.74, 6) is 0.916. The lowest BCUT2D eigenvalue weighted by molar-refractivity contribution is 0.0948. The molecule has 0 fully saturated rings. The van der Waals surface area contributed by atoms with E-state index in [2.05, 4.69) is 35.3 Å². The van der Waals surface area contributed by atoms with Crippen molar-refractivity contribution in [1.82, 2.24) is 25.4 Å². The fourth-order valence-corrected chi connectivity index (χ4v) is 1.40. The van der Waals surface area contributed by atoms with Crippen LogP contribution in [0.25, 0.3) is 0 Å². The molecule has 0 spiro atoms. The summed E-state index contributed by atoms with van der Waals surface area (Å²) >= 11 is 0. The molecule has 8 nitrogen and oxygen atoms in total. The molecule has 0 aliphatic carbocycles. The predicted molar refractivity (Wildman–Crippen MR) is 66.5 cm³/mol. The van der Waals surface area contributed by atoms with Crippen LogP contribution in [0.1, 0.15) is 23.2 Å². The van der Waals surface area contributed by atoms with Gasteiger partial charge in [0.1, 0.15) is 11.5 Å². The highest BCUT2D eigenvalue weighted by Crippen LogP contribution is 2.00. The zero-order chi connectivity index (χ0) is 13.5. The van der Waals surface area contributed by atoms with Crippen molar-refractivity contribution < 1.29 is 9.32 Å². The van der Waals surface area contributed by atoms with Crippen molar-refractivity contribution in [2.75, 3.05) is 18.4 Å². The molecular weight excluding hydrogens is 248 g/mol. The Morgan fingerprint density at radius 3 is 2.84 bits per heavy atom. The molecule has 0 atom stereocenters. The Bertz CT molecular complexity index is 510. The van der Waals surface area contributed by atoms with E-state index in [1.54, 1.807) is 0 Å². The molecule has 100 valence electrons. The van der Waals surface area contributed by atoms with Crippen LogP contribution in [-0.4, -0.2) is 39.1 Å². The molecule has 0 unspecified atom stereocenters. The number of hydrogen-bond donors (Lipinski definition) is 2.